The Bertz CT molecular complexity index is 417. The van der Waals surface area contributed by atoms with E-state index >= 15 is 0 Å². The van der Waals surface area contributed by atoms with Crippen molar-refractivity contribution in [3.05, 3.63) is 42.5 Å². The first-order valence-electron chi connectivity index (χ1n) is 4.18. The molecular weight excluding hydrogens is 242 g/mol. The van der Waals surface area contributed by atoms with Crippen molar-refractivity contribution in [1.82, 2.24) is 15.0 Å². The van der Waals surface area contributed by atoms with Crippen molar-refractivity contribution in [2.24, 2.45) is 0 Å². The summed E-state index contributed by atoms with van der Waals surface area (Å²) in [7, 11) is 0. The Balaban J connectivity index is 2.42. The number of pyridine rings is 1. The molecule has 3 nitrogen and oxygen atoms in total. The van der Waals surface area contributed by atoms with Gasteiger partial charge >= 0.3 is 0 Å². The average molecular weight is 250 g/mol. The molecule has 0 saturated carbocycles. The Labute approximate surface area is 90.4 Å². The van der Waals surface area contributed by atoms with E-state index in [-0.39, 0.29) is 0 Å². The lowest BCUT2D eigenvalue weighted by Crippen LogP contribution is -1.91. The van der Waals surface area contributed by atoms with Crippen LogP contribution >= 0.6 is 15.9 Å². The van der Waals surface area contributed by atoms with Crippen molar-refractivity contribution in [2.75, 3.05) is 0 Å². The largest absolute Gasteiger partial charge is 0.261 e. The third-order valence-electron chi connectivity index (χ3n) is 1.77. The second-order valence-corrected chi connectivity index (χ2v) is 3.30. The minimum absolute atomic E-state index is 0.751. The number of rotatable bonds is 2. The van der Waals surface area contributed by atoms with Gasteiger partial charge in [-0.1, -0.05) is 22.0 Å². The maximum absolute atomic E-state index is 4.41. The molecule has 2 heterocycles. The highest BCUT2D eigenvalue weighted by atomic mass is 79.9. The van der Waals surface area contributed by atoms with E-state index in [1.807, 2.05) is 18.2 Å². The number of nitrogens with zero attached hydrogens (tertiary/aromatic N) is 3. The van der Waals surface area contributed by atoms with Gasteiger partial charge in [-0.3, -0.25) is 15.0 Å². The molecule has 0 aliphatic rings. The maximum Gasteiger partial charge on any atom is 0.107 e. The average Bonchev–Trinajstić information content (AvgIpc) is 2.30. The van der Waals surface area contributed by atoms with Crippen molar-refractivity contribution in [3.8, 4) is 11.4 Å². The van der Waals surface area contributed by atoms with Crippen molar-refractivity contribution in [3.63, 3.8) is 0 Å². The van der Waals surface area contributed by atoms with Crippen LogP contribution in [0.5, 0.6) is 0 Å². The van der Waals surface area contributed by atoms with Crippen LogP contribution in [0.4, 0.5) is 0 Å². The monoisotopic (exact) mass is 249 g/mol. The molecule has 0 amide bonds. The minimum Gasteiger partial charge on any atom is -0.261 e. The van der Waals surface area contributed by atoms with Crippen LogP contribution in [0.2, 0.25) is 0 Å². The highest BCUT2D eigenvalue weighted by molar-refractivity contribution is 9.08. The van der Waals surface area contributed by atoms with Gasteiger partial charge in [-0.05, 0) is 12.1 Å². The van der Waals surface area contributed by atoms with E-state index in [0.29, 0.717) is 0 Å². The third kappa shape index (κ3) is 1.96. The first-order chi connectivity index (χ1) is 6.90. The topological polar surface area (TPSA) is 38.7 Å². The van der Waals surface area contributed by atoms with Gasteiger partial charge < -0.3 is 0 Å². The van der Waals surface area contributed by atoms with Crippen molar-refractivity contribution in [1.29, 1.82) is 0 Å². The number of aromatic nitrogens is 3. The van der Waals surface area contributed by atoms with Gasteiger partial charge in [0.25, 0.3) is 0 Å². The molecule has 14 heavy (non-hydrogen) atoms. The van der Waals surface area contributed by atoms with Gasteiger partial charge in [0.1, 0.15) is 5.69 Å². The van der Waals surface area contributed by atoms with E-state index in [1.165, 1.54) is 0 Å². The number of halogens is 1. The summed E-state index contributed by atoms with van der Waals surface area (Å²) in [6.07, 6.45) is 5.02. The van der Waals surface area contributed by atoms with Crippen LogP contribution in [0, 0.1) is 0 Å². The van der Waals surface area contributed by atoms with Gasteiger partial charge in [-0.15, -0.1) is 0 Å². The zero-order chi connectivity index (χ0) is 9.80. The van der Waals surface area contributed by atoms with Gasteiger partial charge in [-0.2, -0.15) is 0 Å². The summed E-state index contributed by atoms with van der Waals surface area (Å²) in [6.45, 7) is 0. The fourth-order valence-electron chi connectivity index (χ4n) is 1.13. The first kappa shape index (κ1) is 9.27. The Kier molecular flexibility index (Phi) is 2.84. The van der Waals surface area contributed by atoms with Gasteiger partial charge in [0.15, 0.2) is 0 Å². The molecule has 2 aromatic heterocycles. The SMILES string of the molecule is BrCc1cccc(-c2cnccn2)n1. The number of alkyl halides is 1. The fraction of sp³-hybridized carbons (Fsp3) is 0.100. The normalized spacial score (nSPS) is 10.1. The van der Waals surface area contributed by atoms with Crippen LogP contribution in [0.1, 0.15) is 5.69 Å². The van der Waals surface area contributed by atoms with Crippen LogP contribution in [0.15, 0.2) is 36.8 Å². The van der Waals surface area contributed by atoms with E-state index in [9.17, 15) is 0 Å². The van der Waals surface area contributed by atoms with E-state index in [4.69, 9.17) is 0 Å². The predicted molar refractivity (Wildman–Crippen MR) is 57.9 cm³/mol. The summed E-state index contributed by atoms with van der Waals surface area (Å²) >= 11 is 3.37. The Hall–Kier alpha value is -1.29. The fourth-order valence-corrected chi connectivity index (χ4v) is 1.44. The summed E-state index contributed by atoms with van der Waals surface area (Å²) < 4.78 is 0. The van der Waals surface area contributed by atoms with Crippen molar-refractivity contribution < 1.29 is 0 Å². The molecule has 0 saturated heterocycles. The van der Waals surface area contributed by atoms with E-state index in [2.05, 4.69) is 30.9 Å². The van der Waals surface area contributed by atoms with Gasteiger partial charge in [0.2, 0.25) is 0 Å². The van der Waals surface area contributed by atoms with Crippen LogP contribution in [-0.2, 0) is 5.33 Å². The van der Waals surface area contributed by atoms with Gasteiger partial charge in [0, 0.05) is 17.7 Å². The molecule has 4 heteroatoms. The molecule has 0 aliphatic carbocycles. The van der Waals surface area contributed by atoms with Crippen LogP contribution < -0.4 is 0 Å². The van der Waals surface area contributed by atoms with Crippen molar-refractivity contribution >= 4 is 15.9 Å². The predicted octanol–water partition coefficient (Wildman–Crippen LogP) is 2.43. The standard InChI is InChI=1S/C10H8BrN3/c11-6-8-2-1-3-9(14-8)10-7-12-4-5-13-10/h1-5,7H,6H2. The van der Waals surface area contributed by atoms with E-state index in [1.54, 1.807) is 18.6 Å². The van der Waals surface area contributed by atoms with Gasteiger partial charge in [0.05, 0.1) is 17.6 Å². The second-order valence-electron chi connectivity index (χ2n) is 2.74. The lowest BCUT2D eigenvalue weighted by molar-refractivity contribution is 1.14. The Morgan fingerprint density at radius 2 is 2.07 bits per heavy atom. The molecule has 0 unspecified atom stereocenters. The quantitative estimate of drug-likeness (QED) is 0.768. The van der Waals surface area contributed by atoms with Crippen LogP contribution in [-0.4, -0.2) is 15.0 Å². The highest BCUT2D eigenvalue weighted by Gasteiger charge is 2.00. The molecule has 0 spiro atoms. The molecule has 0 aromatic carbocycles. The summed E-state index contributed by atoms with van der Waals surface area (Å²) in [6, 6.07) is 5.86. The molecule has 0 fully saturated rings. The van der Waals surface area contributed by atoms with Crippen molar-refractivity contribution in [2.45, 2.75) is 5.33 Å². The summed E-state index contributed by atoms with van der Waals surface area (Å²) in [5, 5.41) is 0.751. The molecule has 2 aromatic rings. The molecule has 70 valence electrons. The smallest absolute Gasteiger partial charge is 0.107 e. The zero-order valence-corrected chi connectivity index (χ0v) is 8.98. The molecule has 0 N–H and O–H groups in total. The molecule has 0 aliphatic heterocycles. The lowest BCUT2D eigenvalue weighted by Gasteiger charge is -2.00. The lowest BCUT2D eigenvalue weighted by atomic mass is 10.2. The first-order valence-corrected chi connectivity index (χ1v) is 5.30. The number of hydrogen-bond acceptors (Lipinski definition) is 3. The summed E-state index contributed by atoms with van der Waals surface area (Å²) in [5.41, 5.74) is 2.65. The maximum atomic E-state index is 4.41. The summed E-state index contributed by atoms with van der Waals surface area (Å²) in [5.74, 6) is 0. The third-order valence-corrected chi connectivity index (χ3v) is 2.34. The highest BCUT2D eigenvalue weighted by Crippen LogP contribution is 2.13. The number of hydrogen-bond donors (Lipinski definition) is 0. The molecule has 0 radical (unpaired) electrons. The molecule has 0 atom stereocenters. The second kappa shape index (κ2) is 4.28. The zero-order valence-electron chi connectivity index (χ0n) is 7.39. The Morgan fingerprint density at radius 3 is 2.79 bits per heavy atom. The summed E-state index contributed by atoms with van der Waals surface area (Å²) in [4.78, 5) is 12.6. The molecule has 2 rings (SSSR count). The Morgan fingerprint density at radius 1 is 1.14 bits per heavy atom. The van der Waals surface area contributed by atoms with Gasteiger partial charge in [-0.25, -0.2) is 0 Å². The minimum atomic E-state index is 0.751. The van der Waals surface area contributed by atoms with E-state index < -0.39 is 0 Å². The van der Waals surface area contributed by atoms with E-state index in [0.717, 1.165) is 22.4 Å². The van der Waals surface area contributed by atoms with Crippen LogP contribution in [0.3, 0.4) is 0 Å². The molecular formula is C10H8BrN3. The van der Waals surface area contributed by atoms with Crippen LogP contribution in [0.25, 0.3) is 11.4 Å². The molecule has 0 bridgehead atoms.